The first-order chi connectivity index (χ1) is 13.0. The van der Waals surface area contributed by atoms with Crippen molar-refractivity contribution < 1.29 is 9.53 Å². The largest absolute Gasteiger partial charge is 0.495 e. The van der Waals surface area contributed by atoms with Crippen molar-refractivity contribution in [1.82, 2.24) is 0 Å². The van der Waals surface area contributed by atoms with Crippen molar-refractivity contribution in [3.63, 3.8) is 0 Å². The molecule has 3 aromatic rings. The van der Waals surface area contributed by atoms with E-state index in [0.29, 0.717) is 16.4 Å². The van der Waals surface area contributed by atoms with E-state index in [0.717, 1.165) is 22.6 Å². The number of hydrogen-bond acceptors (Lipinski definition) is 6. The molecule has 1 heterocycles. The van der Waals surface area contributed by atoms with Crippen LogP contribution < -0.4 is 21.1 Å². The summed E-state index contributed by atoms with van der Waals surface area (Å²) in [4.78, 5) is 13.0. The van der Waals surface area contributed by atoms with Gasteiger partial charge in [0.05, 0.1) is 18.5 Å². The van der Waals surface area contributed by atoms with Crippen LogP contribution in [-0.2, 0) is 0 Å². The first kappa shape index (κ1) is 18.3. The number of ether oxygens (including phenoxy) is 1. The zero-order valence-corrected chi connectivity index (χ0v) is 15.7. The van der Waals surface area contributed by atoms with E-state index < -0.39 is 5.91 Å². The highest BCUT2D eigenvalue weighted by molar-refractivity contribution is 7.19. The Bertz CT molecular complexity index is 1020. The van der Waals surface area contributed by atoms with Crippen LogP contribution in [0.5, 0.6) is 5.75 Å². The minimum absolute atomic E-state index is 0.157. The van der Waals surface area contributed by atoms with Crippen LogP contribution in [0.25, 0.3) is 0 Å². The van der Waals surface area contributed by atoms with E-state index in [2.05, 4.69) is 16.7 Å². The van der Waals surface area contributed by atoms with Crippen molar-refractivity contribution in [2.75, 3.05) is 23.5 Å². The third kappa shape index (κ3) is 3.86. The highest BCUT2D eigenvalue weighted by Crippen LogP contribution is 2.37. The van der Waals surface area contributed by atoms with Gasteiger partial charge in [0.25, 0.3) is 5.91 Å². The number of thiophene rings is 1. The molecule has 0 fully saturated rings. The summed E-state index contributed by atoms with van der Waals surface area (Å²) in [7, 11) is 1.53. The summed E-state index contributed by atoms with van der Waals surface area (Å²) in [5.74, 6) is 0.148. The lowest BCUT2D eigenvalue weighted by Gasteiger charge is -2.09. The van der Waals surface area contributed by atoms with E-state index in [1.807, 2.05) is 37.3 Å². The molecule has 0 radical (unpaired) electrons. The van der Waals surface area contributed by atoms with Gasteiger partial charge in [0.15, 0.2) is 0 Å². The van der Waals surface area contributed by atoms with Crippen LogP contribution >= 0.6 is 11.3 Å². The van der Waals surface area contributed by atoms with Crippen LogP contribution in [0.1, 0.15) is 20.8 Å². The molecule has 0 saturated carbocycles. The Morgan fingerprint density at radius 3 is 2.56 bits per heavy atom. The van der Waals surface area contributed by atoms with Gasteiger partial charge in [-0.05, 0) is 31.2 Å². The van der Waals surface area contributed by atoms with Gasteiger partial charge in [-0.3, -0.25) is 4.79 Å². The number of nitriles is 1. The number of rotatable bonds is 5. The second-order valence-corrected chi connectivity index (χ2v) is 6.83. The molecule has 0 bridgehead atoms. The maximum atomic E-state index is 12.7. The number of nitrogens with zero attached hydrogens (tertiary/aromatic N) is 1. The fourth-order valence-electron chi connectivity index (χ4n) is 2.51. The van der Waals surface area contributed by atoms with Crippen molar-refractivity contribution >= 4 is 39.3 Å². The van der Waals surface area contributed by atoms with E-state index in [1.165, 1.54) is 7.11 Å². The zero-order chi connectivity index (χ0) is 19.4. The molecule has 0 saturated heterocycles. The van der Waals surface area contributed by atoms with Gasteiger partial charge < -0.3 is 21.1 Å². The Labute approximate surface area is 161 Å². The van der Waals surface area contributed by atoms with Crippen molar-refractivity contribution in [3.8, 4) is 11.8 Å². The summed E-state index contributed by atoms with van der Waals surface area (Å²) < 4.78 is 5.24. The molecule has 136 valence electrons. The Balaban J connectivity index is 1.90. The third-order valence-electron chi connectivity index (χ3n) is 3.93. The molecule has 0 atom stereocenters. The fraction of sp³-hybridized carbons (Fsp3) is 0.100. The predicted molar refractivity (Wildman–Crippen MR) is 109 cm³/mol. The van der Waals surface area contributed by atoms with Gasteiger partial charge in [-0.1, -0.05) is 29.8 Å². The molecule has 27 heavy (non-hydrogen) atoms. The van der Waals surface area contributed by atoms with Gasteiger partial charge in [-0.15, -0.1) is 11.3 Å². The standard InChI is InChI=1S/C20H18N4O2S/c1-12-7-9-13(10-8-12)23-20-14(11-21)17(22)18(27-20)19(25)24-15-5-3-4-6-16(15)26-2/h3-10,23H,22H2,1-2H3,(H,24,25). The van der Waals surface area contributed by atoms with E-state index in [9.17, 15) is 10.1 Å². The molecular weight excluding hydrogens is 360 g/mol. The number of aryl methyl sites for hydroxylation is 1. The molecule has 0 aliphatic rings. The molecule has 3 rings (SSSR count). The van der Waals surface area contributed by atoms with E-state index in [-0.39, 0.29) is 16.1 Å². The summed E-state index contributed by atoms with van der Waals surface area (Å²) in [5, 5.41) is 16.0. The number of benzene rings is 2. The molecular formula is C20H18N4O2S. The van der Waals surface area contributed by atoms with Crippen LogP contribution in [0.15, 0.2) is 48.5 Å². The van der Waals surface area contributed by atoms with Crippen molar-refractivity contribution in [2.24, 2.45) is 0 Å². The number of para-hydroxylation sites is 2. The first-order valence-electron chi connectivity index (χ1n) is 8.14. The number of hydrogen-bond donors (Lipinski definition) is 3. The molecule has 0 aliphatic carbocycles. The first-order valence-corrected chi connectivity index (χ1v) is 8.95. The van der Waals surface area contributed by atoms with Gasteiger partial charge in [0.1, 0.15) is 27.3 Å². The number of nitrogens with two attached hydrogens (primary N) is 1. The Morgan fingerprint density at radius 1 is 1.19 bits per heavy atom. The van der Waals surface area contributed by atoms with Crippen molar-refractivity contribution in [2.45, 2.75) is 6.92 Å². The van der Waals surface area contributed by atoms with Crippen molar-refractivity contribution in [1.29, 1.82) is 5.26 Å². The average molecular weight is 378 g/mol. The quantitative estimate of drug-likeness (QED) is 0.606. The monoisotopic (exact) mass is 378 g/mol. The van der Waals surface area contributed by atoms with E-state index in [4.69, 9.17) is 10.5 Å². The number of carbonyl (C=O) groups is 1. The van der Waals surface area contributed by atoms with Crippen LogP contribution in [0, 0.1) is 18.3 Å². The number of nitrogens with one attached hydrogen (secondary N) is 2. The normalized spacial score (nSPS) is 10.1. The van der Waals surface area contributed by atoms with Crippen LogP contribution in [0.4, 0.5) is 22.1 Å². The van der Waals surface area contributed by atoms with Gasteiger partial charge in [0.2, 0.25) is 0 Å². The van der Waals surface area contributed by atoms with Crippen LogP contribution in [-0.4, -0.2) is 13.0 Å². The zero-order valence-electron chi connectivity index (χ0n) is 14.9. The summed E-state index contributed by atoms with van der Waals surface area (Å²) in [5.41, 5.74) is 8.96. The molecule has 6 nitrogen and oxygen atoms in total. The predicted octanol–water partition coefficient (Wildman–Crippen LogP) is 4.51. The fourth-order valence-corrected chi connectivity index (χ4v) is 3.49. The van der Waals surface area contributed by atoms with E-state index in [1.54, 1.807) is 18.2 Å². The number of anilines is 4. The molecule has 0 unspecified atom stereocenters. The summed E-state index contributed by atoms with van der Waals surface area (Å²) in [6.45, 7) is 1.99. The van der Waals surface area contributed by atoms with Gasteiger partial charge in [-0.25, -0.2) is 0 Å². The molecule has 0 spiro atoms. The summed E-state index contributed by atoms with van der Waals surface area (Å²) in [6.07, 6.45) is 0. The molecule has 7 heteroatoms. The number of amides is 1. The molecule has 1 amide bonds. The molecule has 2 aromatic carbocycles. The number of methoxy groups -OCH3 is 1. The lowest BCUT2D eigenvalue weighted by atomic mass is 10.2. The maximum Gasteiger partial charge on any atom is 0.268 e. The van der Waals surface area contributed by atoms with E-state index >= 15 is 0 Å². The topological polar surface area (TPSA) is 100 Å². The molecule has 4 N–H and O–H groups in total. The molecule has 1 aromatic heterocycles. The highest BCUT2D eigenvalue weighted by atomic mass is 32.1. The van der Waals surface area contributed by atoms with Gasteiger partial charge >= 0.3 is 0 Å². The Hall–Kier alpha value is -3.50. The van der Waals surface area contributed by atoms with Crippen molar-refractivity contribution in [3.05, 3.63) is 64.5 Å². The minimum atomic E-state index is -0.393. The Kier molecular flexibility index (Phi) is 5.29. The van der Waals surface area contributed by atoms with Gasteiger partial charge in [-0.2, -0.15) is 5.26 Å². The minimum Gasteiger partial charge on any atom is -0.495 e. The van der Waals surface area contributed by atoms with Gasteiger partial charge in [0, 0.05) is 5.69 Å². The SMILES string of the molecule is COc1ccccc1NC(=O)c1sc(Nc2ccc(C)cc2)c(C#N)c1N. The summed E-state index contributed by atoms with van der Waals surface area (Å²) in [6, 6.07) is 16.9. The lowest BCUT2D eigenvalue weighted by molar-refractivity contribution is 0.103. The third-order valence-corrected chi connectivity index (χ3v) is 5.05. The summed E-state index contributed by atoms with van der Waals surface area (Å²) >= 11 is 1.14. The second-order valence-electron chi connectivity index (χ2n) is 5.81. The second kappa shape index (κ2) is 7.81. The lowest BCUT2D eigenvalue weighted by Crippen LogP contribution is -2.12. The number of carbonyl (C=O) groups excluding carboxylic acids is 1. The average Bonchev–Trinajstić information content (AvgIpc) is 2.99. The van der Waals surface area contributed by atoms with Crippen LogP contribution in [0.2, 0.25) is 0 Å². The number of nitrogen functional groups attached to an aromatic ring is 1. The Morgan fingerprint density at radius 2 is 1.89 bits per heavy atom. The highest BCUT2D eigenvalue weighted by Gasteiger charge is 2.22. The maximum absolute atomic E-state index is 12.7. The smallest absolute Gasteiger partial charge is 0.268 e. The molecule has 0 aliphatic heterocycles. The van der Waals surface area contributed by atoms with Crippen LogP contribution in [0.3, 0.4) is 0 Å².